The van der Waals surface area contributed by atoms with E-state index in [-0.39, 0.29) is 5.82 Å². The number of halogens is 1. The topological polar surface area (TPSA) is 46.4 Å². The minimum atomic E-state index is -0.646. The molecule has 0 fully saturated rings. The van der Waals surface area contributed by atoms with Gasteiger partial charge in [-0.25, -0.2) is 9.37 Å². The summed E-state index contributed by atoms with van der Waals surface area (Å²) in [6.45, 7) is 5.39. The molecular weight excluding hydrogens is 221 g/mol. The number of nitrogens with zero attached hydrogens (tertiary/aromatic N) is 2. The number of amides is 1. The van der Waals surface area contributed by atoms with Gasteiger partial charge >= 0.3 is 0 Å². The Morgan fingerprint density at radius 3 is 2.88 bits per heavy atom. The Hall–Kier alpha value is -1.91. The molecule has 0 saturated carbocycles. The van der Waals surface area contributed by atoms with Crippen molar-refractivity contribution in [3.63, 3.8) is 0 Å². The Morgan fingerprint density at radius 1 is 1.53 bits per heavy atom. The second-order valence-corrected chi connectivity index (χ2v) is 4.48. The lowest BCUT2D eigenvalue weighted by atomic mass is 10.1. The molecule has 1 amide bonds. The van der Waals surface area contributed by atoms with Crippen molar-refractivity contribution in [1.29, 1.82) is 0 Å². The first-order valence-corrected chi connectivity index (χ1v) is 5.32. The minimum Gasteiger partial charge on any atom is -0.347 e. The molecule has 0 aromatic carbocycles. The van der Waals surface area contributed by atoms with Gasteiger partial charge in [-0.05, 0) is 32.9 Å². The van der Waals surface area contributed by atoms with Crippen LogP contribution in [0.4, 0.5) is 4.39 Å². The smallest absolute Gasteiger partial charge is 0.207 e. The van der Waals surface area contributed by atoms with Crippen molar-refractivity contribution in [3.8, 4) is 0 Å². The summed E-state index contributed by atoms with van der Waals surface area (Å²) in [4.78, 5) is 14.9. The van der Waals surface area contributed by atoms with E-state index >= 15 is 0 Å². The van der Waals surface area contributed by atoms with Gasteiger partial charge in [0, 0.05) is 6.20 Å². The summed E-state index contributed by atoms with van der Waals surface area (Å²) in [6, 6.07) is 3.01. The van der Waals surface area contributed by atoms with E-state index in [0.29, 0.717) is 23.4 Å². The van der Waals surface area contributed by atoms with Crippen LogP contribution in [0.1, 0.15) is 25.4 Å². The van der Waals surface area contributed by atoms with Gasteiger partial charge in [0.25, 0.3) is 0 Å². The number of hydrogen-bond donors (Lipinski definition) is 1. The lowest BCUT2D eigenvalue weighted by molar-refractivity contribution is -0.111. The minimum absolute atomic E-state index is 0.314. The second kappa shape index (κ2) is 3.84. The van der Waals surface area contributed by atoms with E-state index in [1.165, 1.54) is 6.07 Å². The molecule has 0 bridgehead atoms. The van der Waals surface area contributed by atoms with Crippen molar-refractivity contribution in [2.24, 2.45) is 0 Å². The Labute approximate surface area is 98.5 Å². The van der Waals surface area contributed by atoms with Crippen LogP contribution in [0.15, 0.2) is 18.3 Å². The Balaban J connectivity index is 2.72. The molecule has 17 heavy (non-hydrogen) atoms. The highest BCUT2D eigenvalue weighted by atomic mass is 19.1. The third-order valence-electron chi connectivity index (χ3n) is 2.77. The quantitative estimate of drug-likeness (QED) is 0.824. The lowest BCUT2D eigenvalue weighted by Gasteiger charge is -2.22. The van der Waals surface area contributed by atoms with E-state index in [9.17, 15) is 9.18 Å². The molecule has 0 aliphatic carbocycles. The predicted octanol–water partition coefficient (Wildman–Crippen LogP) is 1.76. The Morgan fingerprint density at radius 2 is 2.24 bits per heavy atom. The second-order valence-electron chi connectivity index (χ2n) is 4.48. The van der Waals surface area contributed by atoms with Gasteiger partial charge in [-0.1, -0.05) is 0 Å². The van der Waals surface area contributed by atoms with Crippen molar-refractivity contribution in [1.82, 2.24) is 14.7 Å². The maximum absolute atomic E-state index is 13.7. The number of carbonyl (C=O) groups is 1. The third kappa shape index (κ3) is 1.77. The zero-order chi connectivity index (χ0) is 12.6. The fraction of sp³-hybridized carbons (Fsp3) is 0.333. The van der Waals surface area contributed by atoms with Gasteiger partial charge in [0.2, 0.25) is 6.41 Å². The summed E-state index contributed by atoms with van der Waals surface area (Å²) in [6.07, 6.45) is 2.36. The van der Waals surface area contributed by atoms with Gasteiger partial charge in [0.15, 0.2) is 0 Å². The maximum atomic E-state index is 13.7. The number of pyridine rings is 1. The molecular formula is C12H14FN3O. The van der Waals surface area contributed by atoms with Crippen molar-refractivity contribution >= 4 is 11.9 Å². The average molecular weight is 235 g/mol. The van der Waals surface area contributed by atoms with Crippen molar-refractivity contribution in [2.45, 2.75) is 26.3 Å². The first kappa shape index (κ1) is 11.6. The summed E-state index contributed by atoms with van der Waals surface area (Å²) in [7, 11) is 0. The molecule has 2 heterocycles. The zero-order valence-electron chi connectivity index (χ0n) is 9.99. The molecule has 0 aliphatic heterocycles. The summed E-state index contributed by atoms with van der Waals surface area (Å²) in [5.74, 6) is 0.294. The third-order valence-corrected chi connectivity index (χ3v) is 2.77. The van der Waals surface area contributed by atoms with E-state index in [4.69, 9.17) is 0 Å². The van der Waals surface area contributed by atoms with E-state index in [2.05, 4.69) is 10.3 Å². The van der Waals surface area contributed by atoms with Gasteiger partial charge in [-0.3, -0.25) is 9.20 Å². The van der Waals surface area contributed by atoms with Crippen LogP contribution < -0.4 is 5.32 Å². The van der Waals surface area contributed by atoms with Crippen molar-refractivity contribution in [2.75, 3.05) is 0 Å². The number of aryl methyl sites for hydroxylation is 1. The van der Waals surface area contributed by atoms with Crippen LogP contribution >= 0.6 is 0 Å². The number of fused-ring (bicyclic) bond motifs is 1. The number of nitrogens with one attached hydrogen (secondary N) is 1. The molecule has 2 aromatic heterocycles. The van der Waals surface area contributed by atoms with Gasteiger partial charge in [-0.15, -0.1) is 0 Å². The van der Waals surface area contributed by atoms with Gasteiger partial charge in [0.05, 0.1) is 11.2 Å². The number of hydrogen-bond acceptors (Lipinski definition) is 2. The van der Waals surface area contributed by atoms with Crippen molar-refractivity contribution in [3.05, 3.63) is 35.7 Å². The standard InChI is InChI=1S/C12H14FN3O/c1-8-10-9(13)5-4-6-16(10)11(15-8)12(2,3)14-7-17/h4-7H,1-3H3,(H,14,17). The highest BCUT2D eigenvalue weighted by Crippen LogP contribution is 2.23. The predicted molar refractivity (Wildman–Crippen MR) is 62.1 cm³/mol. The van der Waals surface area contributed by atoms with Crippen molar-refractivity contribution < 1.29 is 9.18 Å². The lowest BCUT2D eigenvalue weighted by Crippen LogP contribution is -2.37. The fourth-order valence-corrected chi connectivity index (χ4v) is 1.92. The molecule has 0 unspecified atom stereocenters. The number of aromatic nitrogens is 2. The van der Waals surface area contributed by atoms with Crippen LogP contribution in [0, 0.1) is 12.7 Å². The highest BCUT2D eigenvalue weighted by Gasteiger charge is 2.26. The molecule has 1 N–H and O–H groups in total. The molecule has 0 radical (unpaired) electrons. The number of carbonyl (C=O) groups excluding carboxylic acids is 1. The van der Waals surface area contributed by atoms with E-state index in [0.717, 1.165) is 0 Å². The summed E-state index contributed by atoms with van der Waals surface area (Å²) < 4.78 is 15.4. The van der Waals surface area contributed by atoms with Crippen LogP contribution in [-0.4, -0.2) is 15.8 Å². The van der Waals surface area contributed by atoms with E-state index in [1.54, 1.807) is 23.6 Å². The first-order valence-electron chi connectivity index (χ1n) is 5.32. The Kier molecular flexibility index (Phi) is 2.61. The SMILES string of the molecule is Cc1nc(C(C)(C)NC=O)n2cccc(F)c12. The summed E-state index contributed by atoms with van der Waals surface area (Å²) >= 11 is 0. The normalized spacial score (nSPS) is 11.8. The molecule has 0 spiro atoms. The van der Waals surface area contributed by atoms with Crippen LogP contribution in [0.5, 0.6) is 0 Å². The summed E-state index contributed by atoms with van der Waals surface area (Å²) in [5, 5.41) is 2.68. The molecule has 2 aromatic rings. The fourth-order valence-electron chi connectivity index (χ4n) is 1.92. The molecule has 90 valence electrons. The molecule has 0 atom stereocenters. The molecule has 0 aliphatic rings. The number of rotatable bonds is 3. The Bertz CT molecular complexity index is 574. The van der Waals surface area contributed by atoms with Crippen LogP contribution in [0.25, 0.3) is 5.52 Å². The molecule has 0 saturated heterocycles. The van der Waals surface area contributed by atoms with Gasteiger partial charge in [0.1, 0.15) is 17.2 Å². The van der Waals surface area contributed by atoms with Crippen LogP contribution in [0.2, 0.25) is 0 Å². The highest BCUT2D eigenvalue weighted by molar-refractivity contribution is 5.55. The molecule has 2 rings (SSSR count). The van der Waals surface area contributed by atoms with Crippen LogP contribution in [0.3, 0.4) is 0 Å². The van der Waals surface area contributed by atoms with E-state index in [1.807, 2.05) is 13.8 Å². The molecule has 5 heteroatoms. The number of imidazole rings is 1. The van der Waals surface area contributed by atoms with Crippen LogP contribution in [-0.2, 0) is 10.3 Å². The first-order chi connectivity index (χ1) is 7.97. The molecule has 4 nitrogen and oxygen atoms in total. The average Bonchev–Trinajstić information content (AvgIpc) is 2.58. The van der Waals surface area contributed by atoms with Gasteiger partial charge < -0.3 is 5.32 Å². The summed E-state index contributed by atoms with van der Waals surface area (Å²) in [5.41, 5.74) is 0.411. The van der Waals surface area contributed by atoms with E-state index < -0.39 is 5.54 Å². The van der Waals surface area contributed by atoms with Gasteiger partial charge in [-0.2, -0.15) is 0 Å². The monoisotopic (exact) mass is 235 g/mol. The largest absolute Gasteiger partial charge is 0.347 e. The zero-order valence-corrected chi connectivity index (χ0v) is 9.99. The maximum Gasteiger partial charge on any atom is 0.207 e.